The zero-order valence-electron chi connectivity index (χ0n) is 21.6. The third-order valence-corrected chi connectivity index (χ3v) is 7.93. The van der Waals surface area contributed by atoms with E-state index in [-0.39, 0.29) is 57.1 Å². The van der Waals surface area contributed by atoms with Gasteiger partial charge in [-0.2, -0.15) is 13.2 Å². The van der Waals surface area contributed by atoms with Crippen molar-refractivity contribution >= 4 is 11.9 Å². The van der Waals surface area contributed by atoms with Crippen molar-refractivity contribution in [3.63, 3.8) is 0 Å². The first-order valence-electron chi connectivity index (χ1n) is 12.8. The molecular formula is C28H34F3N3O4. The number of nitrogens with zero attached hydrogens (tertiary/aromatic N) is 3. The van der Waals surface area contributed by atoms with Crippen LogP contribution in [0, 0.1) is 12.3 Å². The van der Waals surface area contributed by atoms with Crippen molar-refractivity contribution in [1.29, 1.82) is 0 Å². The summed E-state index contributed by atoms with van der Waals surface area (Å²) in [5.41, 5.74) is 0.531. The zero-order valence-corrected chi connectivity index (χ0v) is 21.6. The van der Waals surface area contributed by atoms with Gasteiger partial charge in [-0.05, 0) is 55.0 Å². The van der Waals surface area contributed by atoms with Gasteiger partial charge in [-0.15, -0.1) is 0 Å². The van der Waals surface area contributed by atoms with Gasteiger partial charge in [-0.1, -0.05) is 36.4 Å². The Morgan fingerprint density at radius 1 is 1.08 bits per heavy atom. The molecule has 2 aromatic carbocycles. The molecule has 2 fully saturated rings. The fourth-order valence-corrected chi connectivity index (χ4v) is 6.05. The molecular weight excluding hydrogens is 499 g/mol. The van der Waals surface area contributed by atoms with Gasteiger partial charge in [-0.3, -0.25) is 4.79 Å². The zero-order chi connectivity index (χ0) is 27.7. The van der Waals surface area contributed by atoms with Crippen molar-refractivity contribution in [2.75, 3.05) is 33.4 Å². The summed E-state index contributed by atoms with van der Waals surface area (Å²) in [6.07, 6.45) is -3.64. The van der Waals surface area contributed by atoms with E-state index < -0.39 is 23.2 Å². The van der Waals surface area contributed by atoms with Gasteiger partial charge >= 0.3 is 12.2 Å². The quantitative estimate of drug-likeness (QED) is 0.564. The van der Waals surface area contributed by atoms with Crippen molar-refractivity contribution in [2.45, 2.75) is 51.0 Å². The van der Waals surface area contributed by atoms with Crippen LogP contribution < -0.4 is 0 Å². The van der Waals surface area contributed by atoms with E-state index in [1.165, 1.54) is 11.0 Å². The van der Waals surface area contributed by atoms with E-state index in [1.54, 1.807) is 22.9 Å². The first-order valence-corrected chi connectivity index (χ1v) is 12.8. The van der Waals surface area contributed by atoms with Gasteiger partial charge in [0.15, 0.2) is 0 Å². The SMILES string of the molecule is Cc1ccccc1C1C2CC(CCO)(CCO)C(=O)N2CCN1C(=O)N(C)Cc1cccc(C(F)(F)F)c1. The van der Waals surface area contributed by atoms with E-state index in [9.17, 15) is 33.0 Å². The number of halogens is 3. The molecule has 0 saturated carbocycles. The highest BCUT2D eigenvalue weighted by atomic mass is 19.4. The molecule has 0 aromatic heterocycles. The van der Waals surface area contributed by atoms with E-state index in [4.69, 9.17) is 0 Å². The molecule has 206 valence electrons. The van der Waals surface area contributed by atoms with Crippen LogP contribution in [0.1, 0.15) is 47.6 Å². The van der Waals surface area contributed by atoms with Crippen molar-refractivity contribution in [3.8, 4) is 0 Å². The predicted octanol–water partition coefficient (Wildman–Crippen LogP) is 3.97. The van der Waals surface area contributed by atoms with Crippen LogP contribution in [0.5, 0.6) is 0 Å². The molecule has 2 unspecified atom stereocenters. The molecule has 2 N–H and O–H groups in total. The van der Waals surface area contributed by atoms with Crippen molar-refractivity contribution in [1.82, 2.24) is 14.7 Å². The maximum absolute atomic E-state index is 13.8. The maximum atomic E-state index is 13.8. The van der Waals surface area contributed by atoms with Gasteiger partial charge in [0.2, 0.25) is 5.91 Å². The summed E-state index contributed by atoms with van der Waals surface area (Å²) in [6.45, 7) is 2.10. The average molecular weight is 534 g/mol. The Morgan fingerprint density at radius 2 is 1.76 bits per heavy atom. The van der Waals surface area contributed by atoms with Crippen LogP contribution in [0.4, 0.5) is 18.0 Å². The van der Waals surface area contributed by atoms with Crippen LogP contribution in [0.3, 0.4) is 0 Å². The minimum absolute atomic E-state index is 0.00792. The Hall–Kier alpha value is -3.11. The summed E-state index contributed by atoms with van der Waals surface area (Å²) in [5, 5.41) is 19.5. The number of aryl methyl sites for hydroxylation is 1. The molecule has 7 nitrogen and oxygen atoms in total. The molecule has 2 saturated heterocycles. The smallest absolute Gasteiger partial charge is 0.396 e. The Balaban J connectivity index is 1.66. The first-order chi connectivity index (χ1) is 18.0. The van der Waals surface area contributed by atoms with E-state index >= 15 is 0 Å². The molecule has 0 aliphatic carbocycles. The molecule has 0 radical (unpaired) electrons. The second-order valence-electron chi connectivity index (χ2n) is 10.3. The van der Waals surface area contributed by atoms with Crippen LogP contribution in [0.25, 0.3) is 0 Å². The predicted molar refractivity (Wildman–Crippen MR) is 135 cm³/mol. The monoisotopic (exact) mass is 533 g/mol. The summed E-state index contributed by atoms with van der Waals surface area (Å²) >= 11 is 0. The topological polar surface area (TPSA) is 84.3 Å². The third-order valence-electron chi connectivity index (χ3n) is 7.93. The fourth-order valence-electron chi connectivity index (χ4n) is 6.05. The molecule has 4 rings (SSSR count). The van der Waals surface area contributed by atoms with Crippen LogP contribution >= 0.6 is 0 Å². The van der Waals surface area contributed by atoms with Gasteiger partial charge in [0.25, 0.3) is 0 Å². The van der Waals surface area contributed by atoms with Crippen molar-refractivity contribution in [2.24, 2.45) is 5.41 Å². The highest BCUT2D eigenvalue weighted by molar-refractivity contribution is 5.86. The molecule has 10 heteroatoms. The minimum atomic E-state index is -4.48. The van der Waals surface area contributed by atoms with Gasteiger partial charge in [0, 0.05) is 39.9 Å². The number of hydrogen-bond acceptors (Lipinski definition) is 4. The number of urea groups is 1. The lowest BCUT2D eigenvalue weighted by Crippen LogP contribution is -2.57. The van der Waals surface area contributed by atoms with E-state index in [0.29, 0.717) is 18.5 Å². The third kappa shape index (κ3) is 5.24. The number of amides is 3. The van der Waals surface area contributed by atoms with Gasteiger partial charge < -0.3 is 24.9 Å². The number of aliphatic hydroxyl groups excluding tert-OH is 2. The number of carbonyl (C=O) groups excluding carboxylic acids is 2. The minimum Gasteiger partial charge on any atom is -0.396 e. The van der Waals surface area contributed by atoms with Crippen LogP contribution in [0.15, 0.2) is 48.5 Å². The lowest BCUT2D eigenvalue weighted by molar-refractivity contribution is -0.140. The number of hydrogen-bond donors (Lipinski definition) is 2. The number of alkyl halides is 3. The second-order valence-corrected chi connectivity index (χ2v) is 10.3. The number of piperazine rings is 1. The van der Waals surface area contributed by atoms with Crippen LogP contribution in [-0.2, 0) is 17.5 Å². The number of benzene rings is 2. The largest absolute Gasteiger partial charge is 0.416 e. The summed E-state index contributed by atoms with van der Waals surface area (Å²) in [7, 11) is 1.56. The summed E-state index contributed by atoms with van der Waals surface area (Å²) in [6, 6.07) is 11.4. The highest BCUT2D eigenvalue weighted by Crippen LogP contribution is 2.49. The Morgan fingerprint density at radius 3 is 2.39 bits per heavy atom. The number of aliphatic hydroxyl groups is 2. The lowest BCUT2D eigenvalue weighted by atomic mass is 9.77. The molecule has 2 aromatic rings. The van der Waals surface area contributed by atoms with E-state index in [1.807, 2.05) is 31.2 Å². The number of rotatable bonds is 7. The Bertz CT molecular complexity index is 1170. The van der Waals surface area contributed by atoms with E-state index in [0.717, 1.165) is 23.3 Å². The van der Waals surface area contributed by atoms with Gasteiger partial charge in [0.05, 0.1) is 23.1 Å². The van der Waals surface area contributed by atoms with Gasteiger partial charge in [-0.25, -0.2) is 4.79 Å². The van der Waals surface area contributed by atoms with E-state index in [2.05, 4.69) is 0 Å². The normalized spacial score (nSPS) is 21.0. The van der Waals surface area contributed by atoms with Crippen LogP contribution in [0.2, 0.25) is 0 Å². The molecule has 3 amide bonds. The summed E-state index contributed by atoms with van der Waals surface area (Å²) in [4.78, 5) is 32.3. The molecule has 2 aliphatic heterocycles. The number of fused-ring (bicyclic) bond motifs is 1. The molecule has 38 heavy (non-hydrogen) atoms. The standard InChI is InChI=1S/C28H34F3N3O4/c1-19-6-3-4-9-22(19)24-23-17-27(10-14-35,11-15-36)25(37)33(23)12-13-34(24)26(38)32(2)18-20-7-5-8-21(16-20)28(29,30)31/h3-9,16,23-24,35-36H,10-15,17-18H2,1-2H3. The molecule has 0 spiro atoms. The Labute approximate surface area is 220 Å². The summed E-state index contributed by atoms with van der Waals surface area (Å²) in [5.74, 6) is -0.117. The maximum Gasteiger partial charge on any atom is 0.416 e. The summed E-state index contributed by atoms with van der Waals surface area (Å²) < 4.78 is 39.6. The van der Waals surface area contributed by atoms with Crippen LogP contribution in [-0.4, -0.2) is 76.2 Å². The molecule has 0 bridgehead atoms. The Kier molecular flexibility index (Phi) is 8.04. The average Bonchev–Trinajstić information content (AvgIpc) is 3.15. The molecule has 2 heterocycles. The molecule has 2 aliphatic rings. The fraction of sp³-hybridized carbons (Fsp3) is 0.500. The second kappa shape index (κ2) is 10.9. The lowest BCUT2D eigenvalue weighted by Gasteiger charge is -2.46. The number of carbonyl (C=O) groups is 2. The highest BCUT2D eigenvalue weighted by Gasteiger charge is 2.56. The van der Waals surface area contributed by atoms with Crippen molar-refractivity contribution in [3.05, 3.63) is 70.8 Å². The molecule has 2 atom stereocenters. The first kappa shape index (κ1) is 27.9. The van der Waals surface area contributed by atoms with Crippen molar-refractivity contribution < 1.29 is 33.0 Å². The van der Waals surface area contributed by atoms with Gasteiger partial charge in [0.1, 0.15) is 0 Å².